The molecule has 0 aromatic heterocycles. The normalized spacial score (nSPS) is 35.6. The predicted octanol–water partition coefficient (Wildman–Crippen LogP) is 1.18. The molecule has 4 rings (SSSR count). The van der Waals surface area contributed by atoms with E-state index in [1.165, 1.54) is 4.90 Å². The number of carbonyl (C=O) groups is 3. The first kappa shape index (κ1) is 22.5. The summed E-state index contributed by atoms with van der Waals surface area (Å²) in [6.07, 6.45) is 5.76. The van der Waals surface area contributed by atoms with Crippen molar-refractivity contribution in [3.05, 3.63) is 0 Å². The summed E-state index contributed by atoms with van der Waals surface area (Å²) in [5, 5.41) is -0.607. The second-order valence-electron chi connectivity index (χ2n) is 10.3. The van der Waals surface area contributed by atoms with E-state index in [9.17, 15) is 22.8 Å². The molecule has 4 amide bonds. The third-order valence-corrected chi connectivity index (χ3v) is 9.98. The fourth-order valence-electron chi connectivity index (χ4n) is 5.53. The van der Waals surface area contributed by atoms with Crippen LogP contribution in [0.1, 0.15) is 64.7 Å². The average Bonchev–Trinajstić information content (AvgIpc) is 3.45. The van der Waals surface area contributed by atoms with Gasteiger partial charge in [0.15, 0.2) is 0 Å². The number of nitrogens with zero attached hydrogens (tertiary/aromatic N) is 2. The second kappa shape index (κ2) is 8.03. The van der Waals surface area contributed by atoms with Crippen LogP contribution < -0.4 is 10.5 Å². The summed E-state index contributed by atoms with van der Waals surface area (Å²) in [4.78, 5) is 40.6. The Bertz CT molecular complexity index is 863. The van der Waals surface area contributed by atoms with Crippen LogP contribution in [0.15, 0.2) is 0 Å². The van der Waals surface area contributed by atoms with Crippen LogP contribution in [-0.2, 0) is 19.6 Å². The Hall–Kier alpha value is -1.68. The van der Waals surface area contributed by atoms with Crippen LogP contribution in [0.4, 0.5) is 4.79 Å². The molecular formula is C21H34N4O5S. The van der Waals surface area contributed by atoms with Crippen LogP contribution in [0.3, 0.4) is 0 Å². The topological polar surface area (TPSA) is 130 Å². The number of nitrogens with two attached hydrogens (primary N) is 1. The minimum absolute atomic E-state index is 0.124. The summed E-state index contributed by atoms with van der Waals surface area (Å²) >= 11 is 0. The van der Waals surface area contributed by atoms with E-state index in [4.69, 9.17) is 5.73 Å². The number of imide groups is 1. The van der Waals surface area contributed by atoms with Gasteiger partial charge in [0.1, 0.15) is 0 Å². The summed E-state index contributed by atoms with van der Waals surface area (Å²) in [6.45, 7) is 2.23. The quantitative estimate of drug-likeness (QED) is 0.622. The van der Waals surface area contributed by atoms with Gasteiger partial charge in [0.2, 0.25) is 21.8 Å². The summed E-state index contributed by atoms with van der Waals surface area (Å²) < 4.78 is 28.6. The number of sulfonamides is 1. The first-order valence-electron chi connectivity index (χ1n) is 11.4. The summed E-state index contributed by atoms with van der Waals surface area (Å²) in [5.41, 5.74) is 5.07. The van der Waals surface area contributed by atoms with E-state index in [1.807, 2.05) is 6.92 Å². The minimum atomic E-state index is -3.51. The fourth-order valence-corrected chi connectivity index (χ4v) is 7.49. The van der Waals surface area contributed by atoms with Gasteiger partial charge in [-0.2, -0.15) is 0 Å². The molecule has 3 N–H and O–H groups in total. The smallest absolute Gasteiger partial charge is 0.326 e. The highest BCUT2D eigenvalue weighted by molar-refractivity contribution is 7.90. The van der Waals surface area contributed by atoms with Gasteiger partial charge >= 0.3 is 6.03 Å². The molecule has 31 heavy (non-hydrogen) atoms. The summed E-state index contributed by atoms with van der Waals surface area (Å²) in [6, 6.07) is -0.544. The van der Waals surface area contributed by atoms with Gasteiger partial charge in [-0.1, -0.05) is 0 Å². The van der Waals surface area contributed by atoms with Gasteiger partial charge in [0.05, 0.1) is 11.2 Å². The molecule has 3 atom stereocenters. The monoisotopic (exact) mass is 454 g/mol. The summed E-state index contributed by atoms with van der Waals surface area (Å²) in [7, 11) is -1.80. The molecule has 3 aliphatic carbocycles. The molecule has 0 aromatic carbocycles. The first-order valence-corrected chi connectivity index (χ1v) is 13.0. The SMILES string of the molecule is CN1C(=O)N(CC2CCC(C(N)=O)CC2)C(=O)C2CC(S(=O)(=O)NC3(C)CC3)CCC21. The number of fused-ring (bicyclic) bond motifs is 1. The number of hydrogen-bond acceptors (Lipinski definition) is 5. The van der Waals surface area contributed by atoms with Gasteiger partial charge in [-0.05, 0) is 70.6 Å². The Morgan fingerprint density at radius 1 is 1.13 bits per heavy atom. The third kappa shape index (κ3) is 4.46. The Morgan fingerprint density at radius 2 is 1.77 bits per heavy atom. The molecule has 0 radical (unpaired) electrons. The van der Waals surface area contributed by atoms with E-state index >= 15 is 0 Å². The van der Waals surface area contributed by atoms with Crippen molar-refractivity contribution in [1.82, 2.24) is 14.5 Å². The van der Waals surface area contributed by atoms with Crippen molar-refractivity contribution in [3.8, 4) is 0 Å². The molecule has 174 valence electrons. The average molecular weight is 455 g/mol. The van der Waals surface area contributed by atoms with Gasteiger partial charge in [0, 0.05) is 31.1 Å². The maximum Gasteiger partial charge on any atom is 0.326 e. The molecule has 1 saturated heterocycles. The van der Waals surface area contributed by atoms with Crippen molar-refractivity contribution in [3.63, 3.8) is 0 Å². The van der Waals surface area contributed by atoms with Crippen molar-refractivity contribution in [2.75, 3.05) is 13.6 Å². The number of rotatable bonds is 6. The molecule has 0 bridgehead atoms. The van der Waals surface area contributed by atoms with Crippen molar-refractivity contribution in [2.45, 2.75) is 81.5 Å². The standard InChI is InChI=1S/C21H34N4O5S/c1-21(9-10-21)23-31(29,30)15-7-8-17-16(11-15)19(27)25(20(28)24(17)2)12-13-3-5-14(6-4-13)18(22)26/h13-17,23H,3-12H2,1-2H3,(H2,22,26). The zero-order valence-corrected chi connectivity index (χ0v) is 19.2. The van der Waals surface area contributed by atoms with Crippen LogP contribution in [0, 0.1) is 17.8 Å². The molecule has 1 aliphatic heterocycles. The Labute approximate surface area is 184 Å². The molecule has 0 aromatic rings. The molecule has 3 saturated carbocycles. The molecule has 10 heteroatoms. The van der Waals surface area contributed by atoms with Gasteiger partial charge in [-0.3, -0.25) is 14.5 Å². The zero-order valence-electron chi connectivity index (χ0n) is 18.4. The predicted molar refractivity (Wildman–Crippen MR) is 114 cm³/mol. The van der Waals surface area contributed by atoms with E-state index in [0.717, 1.165) is 25.7 Å². The Kier molecular flexibility index (Phi) is 5.83. The molecule has 4 fully saturated rings. The van der Waals surface area contributed by atoms with E-state index in [2.05, 4.69) is 4.72 Å². The molecule has 4 aliphatic rings. The highest BCUT2D eigenvalue weighted by Crippen LogP contribution is 2.40. The van der Waals surface area contributed by atoms with E-state index in [-0.39, 0.29) is 47.7 Å². The van der Waals surface area contributed by atoms with Gasteiger partial charge in [-0.15, -0.1) is 0 Å². The largest absolute Gasteiger partial charge is 0.369 e. The highest BCUT2D eigenvalue weighted by atomic mass is 32.2. The molecule has 9 nitrogen and oxygen atoms in total. The number of amides is 4. The molecular weight excluding hydrogens is 420 g/mol. The maximum absolute atomic E-state index is 13.3. The number of nitrogens with one attached hydrogen (secondary N) is 1. The van der Waals surface area contributed by atoms with Crippen LogP contribution >= 0.6 is 0 Å². The van der Waals surface area contributed by atoms with Crippen LogP contribution in [0.2, 0.25) is 0 Å². The maximum atomic E-state index is 13.3. The fraction of sp³-hybridized carbons (Fsp3) is 0.857. The lowest BCUT2D eigenvalue weighted by atomic mass is 9.79. The van der Waals surface area contributed by atoms with E-state index < -0.39 is 21.2 Å². The van der Waals surface area contributed by atoms with Gasteiger partial charge in [-0.25, -0.2) is 17.9 Å². The molecule has 1 heterocycles. The van der Waals surface area contributed by atoms with Crippen molar-refractivity contribution in [2.24, 2.45) is 23.5 Å². The highest BCUT2D eigenvalue weighted by Gasteiger charge is 2.51. The van der Waals surface area contributed by atoms with E-state index in [1.54, 1.807) is 11.9 Å². The number of hydrogen-bond donors (Lipinski definition) is 2. The van der Waals surface area contributed by atoms with Crippen molar-refractivity contribution < 1.29 is 22.8 Å². The lowest BCUT2D eigenvalue weighted by Gasteiger charge is -2.47. The van der Waals surface area contributed by atoms with E-state index in [0.29, 0.717) is 32.2 Å². The second-order valence-corrected chi connectivity index (χ2v) is 12.2. The van der Waals surface area contributed by atoms with Crippen LogP contribution in [0.5, 0.6) is 0 Å². The number of urea groups is 1. The Morgan fingerprint density at radius 3 is 2.35 bits per heavy atom. The minimum Gasteiger partial charge on any atom is -0.369 e. The van der Waals surface area contributed by atoms with Crippen molar-refractivity contribution >= 4 is 27.9 Å². The lowest BCUT2D eigenvalue weighted by molar-refractivity contribution is -0.140. The molecule has 0 spiro atoms. The lowest BCUT2D eigenvalue weighted by Crippen LogP contribution is -2.63. The van der Waals surface area contributed by atoms with Gasteiger partial charge in [0.25, 0.3) is 0 Å². The summed E-state index contributed by atoms with van der Waals surface area (Å²) in [5.74, 6) is -1.00. The number of carbonyl (C=O) groups excluding carboxylic acids is 3. The van der Waals surface area contributed by atoms with Gasteiger partial charge < -0.3 is 10.6 Å². The number of primary amides is 1. The van der Waals surface area contributed by atoms with Crippen LogP contribution in [-0.4, -0.2) is 66.5 Å². The Balaban J connectivity index is 1.44. The molecule has 3 unspecified atom stereocenters. The third-order valence-electron chi connectivity index (χ3n) is 7.90. The van der Waals surface area contributed by atoms with Crippen LogP contribution in [0.25, 0.3) is 0 Å². The zero-order chi connectivity index (χ0) is 22.6. The van der Waals surface area contributed by atoms with Crippen molar-refractivity contribution in [1.29, 1.82) is 0 Å². The first-order chi connectivity index (χ1) is 14.5.